The maximum atomic E-state index is 13.0. The molecule has 1 aromatic carbocycles. The molecule has 2 aromatic rings. The van der Waals surface area contributed by atoms with Crippen molar-refractivity contribution in [3.8, 4) is 0 Å². The Kier molecular flexibility index (Phi) is 6.48. The molecule has 3 rings (SSSR count). The van der Waals surface area contributed by atoms with Gasteiger partial charge < -0.3 is 14.6 Å². The number of nitrogens with one attached hydrogen (secondary N) is 1. The predicted molar refractivity (Wildman–Crippen MR) is 104 cm³/mol. The van der Waals surface area contributed by atoms with Crippen molar-refractivity contribution >= 4 is 15.9 Å². The van der Waals surface area contributed by atoms with Crippen molar-refractivity contribution in [3.05, 3.63) is 48.5 Å². The van der Waals surface area contributed by atoms with Crippen LogP contribution in [0.2, 0.25) is 0 Å². The highest BCUT2D eigenvalue weighted by Gasteiger charge is 2.32. The molecule has 0 unspecified atom stereocenters. The van der Waals surface area contributed by atoms with E-state index in [-0.39, 0.29) is 23.0 Å². The molecule has 1 N–H and O–H groups in total. The number of ether oxygens (including phenoxy) is 1. The van der Waals surface area contributed by atoms with Gasteiger partial charge in [-0.05, 0) is 38.5 Å². The van der Waals surface area contributed by atoms with E-state index in [1.807, 2.05) is 24.6 Å². The monoisotopic (exact) mass is 406 g/mol. The van der Waals surface area contributed by atoms with Crippen LogP contribution in [0.4, 0.5) is 0 Å². The average Bonchev–Trinajstić information content (AvgIpc) is 3.18. The molecule has 2 atom stereocenters. The van der Waals surface area contributed by atoms with Crippen molar-refractivity contribution in [2.45, 2.75) is 43.9 Å². The standard InChI is InChI=1S/C19H26N4O4S/c1-15-12-23(13-16(2)27-15)28(25,26)18-6-3-5-17(11-18)19(24)21-7-4-9-22-10-8-20-14-22/h3,5-6,8,10-11,14-16H,4,7,9,12-13H2,1-2H3,(H,21,24)/t15-,16-/m0/s1. The highest BCUT2D eigenvalue weighted by Crippen LogP contribution is 2.22. The normalized spacial score (nSPS) is 20.8. The fourth-order valence-corrected chi connectivity index (χ4v) is 4.90. The number of imidazole rings is 1. The van der Waals surface area contributed by atoms with Gasteiger partial charge in [-0.1, -0.05) is 6.07 Å². The van der Waals surface area contributed by atoms with Crippen molar-refractivity contribution in [2.24, 2.45) is 0 Å². The van der Waals surface area contributed by atoms with Gasteiger partial charge in [0.15, 0.2) is 0 Å². The summed E-state index contributed by atoms with van der Waals surface area (Å²) >= 11 is 0. The Balaban J connectivity index is 1.63. The third kappa shape index (κ3) is 4.98. The van der Waals surface area contributed by atoms with Crippen LogP contribution in [-0.2, 0) is 21.3 Å². The van der Waals surface area contributed by atoms with Gasteiger partial charge in [0.05, 0.1) is 23.4 Å². The zero-order valence-electron chi connectivity index (χ0n) is 16.1. The molecule has 1 amide bonds. The SMILES string of the molecule is C[C@H]1CN(S(=O)(=O)c2cccc(C(=O)NCCCn3ccnc3)c2)C[C@H](C)O1. The van der Waals surface area contributed by atoms with Crippen LogP contribution in [0.3, 0.4) is 0 Å². The highest BCUT2D eigenvalue weighted by molar-refractivity contribution is 7.89. The Morgan fingerprint density at radius 1 is 1.29 bits per heavy atom. The number of carbonyl (C=O) groups is 1. The Bertz CT molecular complexity index is 888. The van der Waals surface area contributed by atoms with Crippen molar-refractivity contribution in [1.82, 2.24) is 19.2 Å². The van der Waals surface area contributed by atoms with Crippen molar-refractivity contribution in [3.63, 3.8) is 0 Å². The summed E-state index contributed by atoms with van der Waals surface area (Å²) in [6.07, 6.45) is 5.72. The van der Waals surface area contributed by atoms with E-state index in [2.05, 4.69) is 10.3 Å². The van der Waals surface area contributed by atoms with E-state index in [0.717, 1.165) is 13.0 Å². The fourth-order valence-electron chi connectivity index (χ4n) is 3.26. The third-order valence-electron chi connectivity index (χ3n) is 4.56. The molecule has 9 heteroatoms. The second kappa shape index (κ2) is 8.85. The lowest BCUT2D eigenvalue weighted by molar-refractivity contribution is -0.0440. The van der Waals surface area contributed by atoms with E-state index in [0.29, 0.717) is 25.2 Å². The molecule has 0 radical (unpaired) electrons. The minimum absolute atomic E-state index is 0.125. The number of morpholine rings is 1. The second-order valence-electron chi connectivity index (χ2n) is 7.02. The summed E-state index contributed by atoms with van der Waals surface area (Å²) < 4.78 is 34.9. The third-order valence-corrected chi connectivity index (χ3v) is 6.39. The number of carbonyl (C=O) groups excluding carboxylic acids is 1. The number of benzene rings is 1. The summed E-state index contributed by atoms with van der Waals surface area (Å²) in [6, 6.07) is 6.18. The molecule has 1 saturated heterocycles. The summed E-state index contributed by atoms with van der Waals surface area (Å²) in [6.45, 7) is 5.56. The molecule has 0 bridgehead atoms. The first-order chi connectivity index (χ1) is 13.4. The lowest BCUT2D eigenvalue weighted by Crippen LogP contribution is -2.48. The van der Waals surface area contributed by atoms with Crippen LogP contribution in [0.1, 0.15) is 30.6 Å². The minimum Gasteiger partial charge on any atom is -0.373 e. The smallest absolute Gasteiger partial charge is 0.251 e. The Morgan fingerprint density at radius 3 is 2.71 bits per heavy atom. The quantitative estimate of drug-likeness (QED) is 0.704. The van der Waals surface area contributed by atoms with Crippen LogP contribution in [0.25, 0.3) is 0 Å². The van der Waals surface area contributed by atoms with E-state index in [4.69, 9.17) is 4.74 Å². The molecular weight excluding hydrogens is 380 g/mol. The zero-order valence-corrected chi connectivity index (χ0v) is 16.9. The van der Waals surface area contributed by atoms with E-state index in [1.165, 1.54) is 16.4 Å². The minimum atomic E-state index is -3.68. The number of rotatable bonds is 7. The molecular formula is C19H26N4O4S. The number of sulfonamides is 1. The Morgan fingerprint density at radius 2 is 2.04 bits per heavy atom. The van der Waals surface area contributed by atoms with Crippen LogP contribution in [0, 0.1) is 0 Å². The van der Waals surface area contributed by atoms with Crippen molar-refractivity contribution in [1.29, 1.82) is 0 Å². The summed E-state index contributed by atoms with van der Waals surface area (Å²) in [5, 5.41) is 2.83. The fraction of sp³-hybridized carbons (Fsp3) is 0.474. The molecule has 0 saturated carbocycles. The van der Waals surface area contributed by atoms with Gasteiger partial charge in [-0.15, -0.1) is 0 Å². The first kappa shape index (κ1) is 20.5. The van der Waals surface area contributed by atoms with Crippen LogP contribution in [0.15, 0.2) is 47.9 Å². The van der Waals surface area contributed by atoms with Gasteiger partial charge in [0.1, 0.15) is 0 Å². The van der Waals surface area contributed by atoms with Gasteiger partial charge >= 0.3 is 0 Å². The van der Waals surface area contributed by atoms with Gasteiger partial charge in [0.25, 0.3) is 5.91 Å². The van der Waals surface area contributed by atoms with E-state index in [1.54, 1.807) is 24.7 Å². The topological polar surface area (TPSA) is 93.5 Å². The van der Waals surface area contributed by atoms with Gasteiger partial charge in [-0.3, -0.25) is 4.79 Å². The van der Waals surface area contributed by atoms with E-state index in [9.17, 15) is 13.2 Å². The molecule has 152 valence electrons. The summed E-state index contributed by atoms with van der Waals surface area (Å²) in [5.41, 5.74) is 0.332. The predicted octanol–water partition coefficient (Wildman–Crippen LogP) is 1.50. The Labute approximate surface area is 165 Å². The number of amides is 1. The molecule has 8 nitrogen and oxygen atoms in total. The number of hydrogen-bond acceptors (Lipinski definition) is 5. The molecule has 28 heavy (non-hydrogen) atoms. The average molecular weight is 407 g/mol. The Hall–Kier alpha value is -2.23. The molecule has 0 spiro atoms. The lowest BCUT2D eigenvalue weighted by Gasteiger charge is -2.34. The number of aromatic nitrogens is 2. The van der Waals surface area contributed by atoms with Gasteiger partial charge in [0, 0.05) is 44.1 Å². The molecule has 0 aliphatic carbocycles. The van der Waals surface area contributed by atoms with Crippen LogP contribution in [0.5, 0.6) is 0 Å². The van der Waals surface area contributed by atoms with Crippen LogP contribution >= 0.6 is 0 Å². The van der Waals surface area contributed by atoms with Gasteiger partial charge in [0.2, 0.25) is 10.0 Å². The number of aryl methyl sites for hydroxylation is 1. The first-order valence-electron chi connectivity index (χ1n) is 9.36. The summed E-state index contributed by atoms with van der Waals surface area (Å²) in [5.74, 6) is -0.286. The maximum Gasteiger partial charge on any atom is 0.251 e. The summed E-state index contributed by atoms with van der Waals surface area (Å²) in [4.78, 5) is 16.5. The zero-order chi connectivity index (χ0) is 20.1. The van der Waals surface area contributed by atoms with E-state index < -0.39 is 10.0 Å². The first-order valence-corrected chi connectivity index (χ1v) is 10.8. The van der Waals surface area contributed by atoms with Crippen molar-refractivity contribution in [2.75, 3.05) is 19.6 Å². The molecule has 1 aliphatic rings. The second-order valence-corrected chi connectivity index (χ2v) is 8.96. The number of hydrogen-bond donors (Lipinski definition) is 1. The molecule has 1 aromatic heterocycles. The van der Waals surface area contributed by atoms with Gasteiger partial charge in [-0.25, -0.2) is 13.4 Å². The highest BCUT2D eigenvalue weighted by atomic mass is 32.2. The number of nitrogens with zero attached hydrogens (tertiary/aromatic N) is 3. The molecule has 2 heterocycles. The van der Waals surface area contributed by atoms with Crippen LogP contribution < -0.4 is 5.32 Å². The molecule has 1 fully saturated rings. The molecule has 1 aliphatic heterocycles. The van der Waals surface area contributed by atoms with Gasteiger partial charge in [-0.2, -0.15) is 4.31 Å². The maximum absolute atomic E-state index is 13.0. The van der Waals surface area contributed by atoms with Crippen molar-refractivity contribution < 1.29 is 17.9 Å². The van der Waals surface area contributed by atoms with E-state index >= 15 is 0 Å². The lowest BCUT2D eigenvalue weighted by atomic mass is 10.2. The largest absolute Gasteiger partial charge is 0.373 e. The summed E-state index contributed by atoms with van der Waals surface area (Å²) in [7, 11) is -3.68. The van der Waals surface area contributed by atoms with Crippen LogP contribution in [-0.4, -0.2) is 60.0 Å².